The molecule has 0 heterocycles. The number of likely N-dealkylation sites (N-methyl/N-ethyl adjacent to an activating group) is 1. The highest BCUT2D eigenvalue weighted by Gasteiger charge is 2.27. The second-order valence-electron chi connectivity index (χ2n) is 19.2. The summed E-state index contributed by atoms with van der Waals surface area (Å²) in [6.45, 7) is 4.80. The number of aliphatic hydroxyl groups excluding tert-OH is 1. The van der Waals surface area contributed by atoms with Crippen LogP contribution < -0.4 is 5.32 Å². The summed E-state index contributed by atoms with van der Waals surface area (Å²) < 4.78 is 23.6. The van der Waals surface area contributed by atoms with Crippen LogP contribution in [-0.4, -0.2) is 73.4 Å². The molecule has 0 aromatic carbocycles. The van der Waals surface area contributed by atoms with Gasteiger partial charge in [-0.15, -0.1) is 0 Å². The third-order valence-electron chi connectivity index (χ3n) is 11.8. The summed E-state index contributed by atoms with van der Waals surface area (Å²) in [6.07, 6.45) is 56.7. The van der Waals surface area contributed by atoms with Gasteiger partial charge in [0.2, 0.25) is 5.91 Å². The summed E-state index contributed by atoms with van der Waals surface area (Å²) in [5.74, 6) is -0.190. The number of carbonyl (C=O) groups is 1. The molecule has 9 heteroatoms. The van der Waals surface area contributed by atoms with Crippen molar-refractivity contribution in [1.29, 1.82) is 0 Å². The molecule has 0 aliphatic carbocycles. The van der Waals surface area contributed by atoms with Gasteiger partial charge in [-0.3, -0.25) is 13.8 Å². The zero-order valence-electron chi connectivity index (χ0n) is 41.6. The van der Waals surface area contributed by atoms with Crippen molar-refractivity contribution in [1.82, 2.24) is 5.32 Å². The number of hydrogen-bond donors (Lipinski definition) is 3. The third-order valence-corrected chi connectivity index (χ3v) is 12.8. The second kappa shape index (κ2) is 44.9. The molecular weight excluding hydrogens is 792 g/mol. The van der Waals surface area contributed by atoms with Gasteiger partial charge in [-0.1, -0.05) is 230 Å². The van der Waals surface area contributed by atoms with Gasteiger partial charge in [-0.2, -0.15) is 0 Å². The minimum absolute atomic E-state index is 0.0548. The first kappa shape index (κ1) is 60.7. The zero-order chi connectivity index (χ0) is 45.7. The number of quaternary nitrogens is 1. The van der Waals surface area contributed by atoms with Crippen molar-refractivity contribution in [2.45, 2.75) is 257 Å². The van der Waals surface area contributed by atoms with Crippen LogP contribution in [0, 0.1) is 0 Å². The Kier molecular flexibility index (Phi) is 44.0. The number of phosphoric acid groups is 1. The lowest BCUT2D eigenvalue weighted by Crippen LogP contribution is -2.45. The van der Waals surface area contributed by atoms with Gasteiger partial charge >= 0.3 is 7.82 Å². The van der Waals surface area contributed by atoms with Crippen LogP contribution in [0.25, 0.3) is 0 Å². The molecule has 3 N–H and O–H groups in total. The van der Waals surface area contributed by atoms with E-state index in [2.05, 4.69) is 43.5 Å². The van der Waals surface area contributed by atoms with Crippen molar-refractivity contribution in [3.63, 3.8) is 0 Å². The predicted octanol–water partition coefficient (Wildman–Crippen LogP) is 15.4. The van der Waals surface area contributed by atoms with Gasteiger partial charge < -0.3 is 19.8 Å². The molecule has 8 nitrogen and oxygen atoms in total. The van der Waals surface area contributed by atoms with Crippen LogP contribution in [0.1, 0.15) is 245 Å². The molecule has 0 saturated carbocycles. The lowest BCUT2D eigenvalue weighted by molar-refractivity contribution is -0.870. The number of aliphatic hydroxyl groups is 1. The fourth-order valence-electron chi connectivity index (χ4n) is 7.66. The fourth-order valence-corrected chi connectivity index (χ4v) is 8.40. The van der Waals surface area contributed by atoms with E-state index >= 15 is 0 Å². The number of allylic oxidation sites excluding steroid dienone is 5. The van der Waals surface area contributed by atoms with Gasteiger partial charge in [0.25, 0.3) is 0 Å². The number of phosphoric ester groups is 1. The molecule has 366 valence electrons. The largest absolute Gasteiger partial charge is 0.472 e. The van der Waals surface area contributed by atoms with Gasteiger partial charge in [0.1, 0.15) is 13.2 Å². The molecule has 0 aliphatic rings. The molecule has 0 aromatic rings. The van der Waals surface area contributed by atoms with Crippen molar-refractivity contribution >= 4 is 13.7 Å². The van der Waals surface area contributed by atoms with E-state index < -0.39 is 20.0 Å². The van der Waals surface area contributed by atoms with Crippen molar-refractivity contribution < 1.29 is 32.9 Å². The maximum atomic E-state index is 12.9. The van der Waals surface area contributed by atoms with Crippen LogP contribution in [0.4, 0.5) is 0 Å². The average molecular weight is 896 g/mol. The monoisotopic (exact) mass is 896 g/mol. The smallest absolute Gasteiger partial charge is 0.387 e. The van der Waals surface area contributed by atoms with Crippen LogP contribution in [0.3, 0.4) is 0 Å². The number of nitrogens with zero attached hydrogens (tertiary/aromatic N) is 1. The van der Waals surface area contributed by atoms with E-state index in [0.717, 1.165) is 44.9 Å². The molecule has 0 rings (SSSR count). The van der Waals surface area contributed by atoms with E-state index in [9.17, 15) is 19.4 Å². The minimum Gasteiger partial charge on any atom is -0.387 e. The highest BCUT2D eigenvalue weighted by molar-refractivity contribution is 7.47. The quantitative estimate of drug-likeness (QED) is 0.0243. The predicted molar refractivity (Wildman–Crippen MR) is 268 cm³/mol. The van der Waals surface area contributed by atoms with Crippen molar-refractivity contribution in [3.05, 3.63) is 36.5 Å². The number of amides is 1. The first-order valence-electron chi connectivity index (χ1n) is 26.4. The highest BCUT2D eigenvalue weighted by Crippen LogP contribution is 2.43. The molecule has 0 radical (unpaired) electrons. The molecule has 0 fully saturated rings. The van der Waals surface area contributed by atoms with E-state index in [1.807, 2.05) is 27.2 Å². The minimum atomic E-state index is -4.35. The normalized spacial score (nSPS) is 14.4. The topological polar surface area (TPSA) is 105 Å². The molecule has 3 unspecified atom stereocenters. The van der Waals surface area contributed by atoms with Crippen molar-refractivity contribution in [3.8, 4) is 0 Å². The molecular formula is C53H104N2O6P+. The molecule has 3 atom stereocenters. The standard InChI is InChI=1S/C53H103N2O6P/c1-6-8-10-12-14-16-18-20-21-22-23-24-25-26-27-28-29-30-31-32-33-35-36-38-40-42-44-46-52(56)51(50-61-62(58,59)60-49-48-55(3,4)5)54-53(57)47-45-43-41-39-37-34-19-17-15-13-11-9-7-2/h31-32,36,38,44,46,51-52,56H,6-30,33-35,37,39-43,45,47-50H2,1-5H3,(H-,54,57,58,59)/p+1/b32-31+,38-36+,46-44+. The van der Waals surface area contributed by atoms with E-state index in [-0.39, 0.29) is 19.1 Å². The number of nitrogens with one attached hydrogen (secondary N) is 1. The maximum Gasteiger partial charge on any atom is 0.472 e. The van der Waals surface area contributed by atoms with E-state index in [0.29, 0.717) is 17.4 Å². The fraction of sp³-hybridized carbons (Fsp3) is 0.868. The van der Waals surface area contributed by atoms with Crippen LogP contribution in [-0.2, 0) is 18.4 Å². The molecule has 62 heavy (non-hydrogen) atoms. The molecule has 0 spiro atoms. The molecule has 1 amide bonds. The Balaban J connectivity index is 4.27. The second-order valence-corrected chi connectivity index (χ2v) is 20.7. The highest BCUT2D eigenvalue weighted by atomic mass is 31.2. The van der Waals surface area contributed by atoms with Gasteiger partial charge in [0.05, 0.1) is 39.9 Å². The Morgan fingerprint density at radius 2 is 0.887 bits per heavy atom. The number of rotatable bonds is 48. The van der Waals surface area contributed by atoms with E-state index in [1.54, 1.807) is 6.08 Å². The van der Waals surface area contributed by atoms with Crippen LogP contribution in [0.2, 0.25) is 0 Å². The number of unbranched alkanes of at least 4 members (excludes halogenated alkanes) is 31. The van der Waals surface area contributed by atoms with Crippen LogP contribution >= 0.6 is 7.82 Å². The zero-order valence-corrected chi connectivity index (χ0v) is 42.5. The van der Waals surface area contributed by atoms with Crippen molar-refractivity contribution in [2.75, 3.05) is 40.9 Å². The lowest BCUT2D eigenvalue weighted by atomic mass is 10.0. The van der Waals surface area contributed by atoms with Gasteiger partial charge in [0, 0.05) is 6.42 Å². The summed E-state index contributed by atoms with van der Waals surface area (Å²) >= 11 is 0. The summed E-state index contributed by atoms with van der Waals surface area (Å²) in [5.41, 5.74) is 0. The molecule has 0 bridgehead atoms. The lowest BCUT2D eigenvalue weighted by Gasteiger charge is -2.25. The Labute approximate surface area is 385 Å². The number of carbonyl (C=O) groups excluding carboxylic acids is 1. The SMILES string of the molecule is CCCCCCCCCCCCCCCCCCC/C=C/CC/C=C/CC/C=C/C(O)C(COP(=O)(O)OCC[N+](C)(C)C)NC(=O)CCCCCCCCCCCCCCC. The van der Waals surface area contributed by atoms with E-state index in [4.69, 9.17) is 9.05 Å². The summed E-state index contributed by atoms with van der Waals surface area (Å²) in [6, 6.07) is -0.866. The van der Waals surface area contributed by atoms with E-state index in [1.165, 1.54) is 180 Å². The summed E-state index contributed by atoms with van der Waals surface area (Å²) in [4.78, 5) is 23.2. The Morgan fingerprint density at radius 3 is 1.29 bits per heavy atom. The van der Waals surface area contributed by atoms with Crippen molar-refractivity contribution in [2.24, 2.45) is 0 Å². The number of hydrogen-bond acceptors (Lipinski definition) is 5. The molecule has 0 aliphatic heterocycles. The summed E-state index contributed by atoms with van der Waals surface area (Å²) in [7, 11) is 1.55. The Bertz CT molecular complexity index is 1110. The summed E-state index contributed by atoms with van der Waals surface area (Å²) in [5, 5.41) is 13.8. The molecule has 0 aromatic heterocycles. The third kappa shape index (κ3) is 46.7. The molecule has 0 saturated heterocycles. The maximum absolute atomic E-state index is 12.9. The van der Waals surface area contributed by atoms with Gasteiger partial charge in [-0.05, 0) is 44.9 Å². The average Bonchev–Trinajstić information content (AvgIpc) is 3.23. The van der Waals surface area contributed by atoms with Gasteiger partial charge in [0.15, 0.2) is 0 Å². The van der Waals surface area contributed by atoms with Crippen LogP contribution in [0.15, 0.2) is 36.5 Å². The Hall–Kier alpha value is -1.28. The Morgan fingerprint density at radius 1 is 0.532 bits per heavy atom. The van der Waals surface area contributed by atoms with Crippen LogP contribution in [0.5, 0.6) is 0 Å². The first-order chi connectivity index (χ1) is 30.0. The first-order valence-corrected chi connectivity index (χ1v) is 27.9. The van der Waals surface area contributed by atoms with Gasteiger partial charge in [-0.25, -0.2) is 4.57 Å².